The molecule has 3 rings (SSSR count). The molecule has 4 atom stereocenters. The molecule has 1 N–H and O–H groups in total. The molecule has 0 aliphatic carbocycles. The van der Waals surface area contributed by atoms with Gasteiger partial charge in [0.05, 0.1) is 17.1 Å². The van der Waals surface area contributed by atoms with Crippen molar-refractivity contribution in [2.24, 2.45) is 0 Å². The quantitative estimate of drug-likeness (QED) is 0.835. The van der Waals surface area contributed by atoms with E-state index in [1.54, 1.807) is 18.2 Å². The molecule has 0 spiro atoms. The molecule has 150 valence electrons. The maximum atomic E-state index is 13.1. The van der Waals surface area contributed by atoms with Crippen molar-refractivity contribution in [1.82, 2.24) is 14.5 Å². The number of hydrogen-bond donors (Lipinski definition) is 1. The van der Waals surface area contributed by atoms with Gasteiger partial charge in [0.25, 0.3) is 5.91 Å². The fourth-order valence-electron chi connectivity index (χ4n) is 3.77. The second-order valence-electron chi connectivity index (χ2n) is 7.59. The van der Waals surface area contributed by atoms with Gasteiger partial charge in [-0.25, -0.2) is 8.42 Å². The van der Waals surface area contributed by atoms with Gasteiger partial charge in [0, 0.05) is 43.8 Å². The SMILES string of the molecule is CC1CN(S(=O)(=O)c2cccc(C(=O)N3CCNC(C)C3C)c2)CC(C)O1. The molecule has 7 nitrogen and oxygen atoms in total. The summed E-state index contributed by atoms with van der Waals surface area (Å²) < 4.78 is 33.2. The molecule has 2 heterocycles. The summed E-state index contributed by atoms with van der Waals surface area (Å²) in [4.78, 5) is 15.0. The van der Waals surface area contributed by atoms with E-state index in [4.69, 9.17) is 4.74 Å². The van der Waals surface area contributed by atoms with Crippen LogP contribution in [-0.4, -0.2) is 74.0 Å². The first-order chi connectivity index (χ1) is 12.7. The molecule has 27 heavy (non-hydrogen) atoms. The van der Waals surface area contributed by atoms with Crippen LogP contribution in [0.15, 0.2) is 29.2 Å². The van der Waals surface area contributed by atoms with Crippen molar-refractivity contribution >= 4 is 15.9 Å². The van der Waals surface area contributed by atoms with Crippen molar-refractivity contribution in [2.45, 2.75) is 56.9 Å². The van der Waals surface area contributed by atoms with Gasteiger partial charge >= 0.3 is 0 Å². The predicted octanol–water partition coefficient (Wildman–Crippen LogP) is 1.31. The van der Waals surface area contributed by atoms with E-state index in [0.717, 1.165) is 6.54 Å². The normalized spacial score (nSPS) is 30.3. The van der Waals surface area contributed by atoms with Crippen molar-refractivity contribution in [1.29, 1.82) is 0 Å². The number of carbonyl (C=O) groups is 1. The van der Waals surface area contributed by atoms with Crippen LogP contribution >= 0.6 is 0 Å². The Kier molecular flexibility index (Phi) is 5.90. The van der Waals surface area contributed by atoms with Gasteiger partial charge in [-0.1, -0.05) is 6.07 Å². The topological polar surface area (TPSA) is 79.0 Å². The van der Waals surface area contributed by atoms with Gasteiger partial charge in [0.1, 0.15) is 0 Å². The number of sulfonamides is 1. The number of nitrogens with one attached hydrogen (secondary N) is 1. The van der Waals surface area contributed by atoms with Crippen molar-refractivity contribution in [3.8, 4) is 0 Å². The maximum Gasteiger partial charge on any atom is 0.254 e. The monoisotopic (exact) mass is 395 g/mol. The fourth-order valence-corrected chi connectivity index (χ4v) is 5.41. The van der Waals surface area contributed by atoms with E-state index in [0.29, 0.717) is 25.2 Å². The molecule has 2 saturated heterocycles. The Morgan fingerprint density at radius 2 is 1.81 bits per heavy atom. The van der Waals surface area contributed by atoms with Gasteiger partial charge in [-0.3, -0.25) is 4.79 Å². The van der Waals surface area contributed by atoms with Crippen LogP contribution < -0.4 is 5.32 Å². The Labute approximate surface area is 161 Å². The maximum absolute atomic E-state index is 13.1. The third-order valence-corrected chi connectivity index (χ3v) is 7.23. The standard InChI is InChI=1S/C19H29N3O4S/c1-13-11-21(12-14(2)26-13)27(24,25)18-7-5-6-17(10-18)19(23)22-9-8-20-15(3)16(22)4/h5-7,10,13-16,20H,8-9,11-12H2,1-4H3. The first-order valence-corrected chi connectivity index (χ1v) is 10.9. The molecule has 8 heteroatoms. The van der Waals surface area contributed by atoms with E-state index in [1.165, 1.54) is 10.4 Å². The number of ether oxygens (including phenoxy) is 1. The Hall–Kier alpha value is -1.48. The van der Waals surface area contributed by atoms with Crippen molar-refractivity contribution in [3.63, 3.8) is 0 Å². The molecule has 2 fully saturated rings. The fraction of sp³-hybridized carbons (Fsp3) is 0.632. The molecule has 1 aromatic rings. The number of benzene rings is 1. The van der Waals surface area contributed by atoms with E-state index >= 15 is 0 Å². The van der Waals surface area contributed by atoms with Crippen molar-refractivity contribution in [2.75, 3.05) is 26.2 Å². The van der Waals surface area contributed by atoms with Crippen LogP contribution in [-0.2, 0) is 14.8 Å². The largest absolute Gasteiger partial charge is 0.373 e. The highest BCUT2D eigenvalue weighted by atomic mass is 32.2. The number of hydrogen-bond acceptors (Lipinski definition) is 5. The van der Waals surface area contributed by atoms with Crippen LogP contribution in [0, 0.1) is 0 Å². The van der Waals surface area contributed by atoms with Gasteiger partial charge in [0.2, 0.25) is 10.0 Å². The highest BCUT2D eigenvalue weighted by molar-refractivity contribution is 7.89. The molecule has 1 aromatic carbocycles. The average Bonchev–Trinajstić information content (AvgIpc) is 2.63. The second-order valence-corrected chi connectivity index (χ2v) is 9.53. The van der Waals surface area contributed by atoms with E-state index in [-0.39, 0.29) is 35.1 Å². The van der Waals surface area contributed by atoms with Crippen LogP contribution in [0.3, 0.4) is 0 Å². The van der Waals surface area contributed by atoms with E-state index in [1.807, 2.05) is 32.6 Å². The minimum Gasteiger partial charge on any atom is -0.373 e. The number of nitrogens with zero attached hydrogens (tertiary/aromatic N) is 2. The van der Waals surface area contributed by atoms with E-state index in [2.05, 4.69) is 5.32 Å². The zero-order valence-corrected chi connectivity index (χ0v) is 17.2. The molecule has 0 bridgehead atoms. The highest BCUT2D eigenvalue weighted by Gasteiger charge is 2.33. The molecule has 2 aliphatic heterocycles. The van der Waals surface area contributed by atoms with E-state index in [9.17, 15) is 13.2 Å². The number of carbonyl (C=O) groups excluding carboxylic acids is 1. The zero-order valence-electron chi connectivity index (χ0n) is 16.4. The van der Waals surface area contributed by atoms with Crippen molar-refractivity contribution < 1.29 is 17.9 Å². The van der Waals surface area contributed by atoms with E-state index < -0.39 is 10.0 Å². The van der Waals surface area contributed by atoms with Crippen LogP contribution in [0.1, 0.15) is 38.1 Å². The van der Waals surface area contributed by atoms with Gasteiger partial charge in [-0.2, -0.15) is 4.31 Å². The lowest BCUT2D eigenvalue weighted by atomic mass is 10.1. The summed E-state index contributed by atoms with van der Waals surface area (Å²) in [6.45, 7) is 9.76. The predicted molar refractivity (Wildman–Crippen MR) is 103 cm³/mol. The number of morpholine rings is 1. The molecule has 1 amide bonds. The van der Waals surface area contributed by atoms with Crippen LogP contribution in [0.4, 0.5) is 0 Å². The minimum atomic E-state index is -3.67. The lowest BCUT2D eigenvalue weighted by molar-refractivity contribution is -0.0440. The lowest BCUT2D eigenvalue weighted by Crippen LogP contribution is -2.57. The Morgan fingerprint density at radius 3 is 2.48 bits per heavy atom. The summed E-state index contributed by atoms with van der Waals surface area (Å²) >= 11 is 0. The van der Waals surface area contributed by atoms with Crippen LogP contribution in [0.5, 0.6) is 0 Å². The summed E-state index contributed by atoms with van der Waals surface area (Å²) in [5.41, 5.74) is 0.409. The van der Waals surface area contributed by atoms with Crippen LogP contribution in [0.25, 0.3) is 0 Å². The second kappa shape index (κ2) is 7.87. The Balaban J connectivity index is 1.85. The lowest BCUT2D eigenvalue weighted by Gasteiger charge is -2.38. The number of amides is 1. The van der Waals surface area contributed by atoms with Gasteiger partial charge < -0.3 is 15.0 Å². The van der Waals surface area contributed by atoms with Gasteiger partial charge in [-0.05, 0) is 45.9 Å². The molecule has 2 aliphatic rings. The highest BCUT2D eigenvalue weighted by Crippen LogP contribution is 2.23. The summed E-state index contributed by atoms with van der Waals surface area (Å²) in [6.07, 6.45) is -0.312. The summed E-state index contributed by atoms with van der Waals surface area (Å²) in [5, 5.41) is 3.35. The number of rotatable bonds is 3. The average molecular weight is 396 g/mol. The Bertz CT molecular complexity index is 788. The first-order valence-electron chi connectivity index (χ1n) is 9.50. The summed E-state index contributed by atoms with van der Waals surface area (Å²) in [7, 11) is -3.67. The smallest absolute Gasteiger partial charge is 0.254 e. The number of piperazine rings is 1. The zero-order chi connectivity index (χ0) is 19.8. The van der Waals surface area contributed by atoms with Gasteiger partial charge in [0.15, 0.2) is 0 Å². The minimum absolute atomic E-state index is 0.0486. The molecule has 0 saturated carbocycles. The summed E-state index contributed by atoms with van der Waals surface area (Å²) in [5.74, 6) is -0.128. The molecule has 0 aromatic heterocycles. The van der Waals surface area contributed by atoms with Gasteiger partial charge in [-0.15, -0.1) is 0 Å². The summed E-state index contributed by atoms with van der Waals surface area (Å²) in [6, 6.07) is 6.64. The first kappa shape index (κ1) is 20.3. The molecular weight excluding hydrogens is 366 g/mol. The third-order valence-electron chi connectivity index (χ3n) is 5.40. The van der Waals surface area contributed by atoms with Crippen molar-refractivity contribution in [3.05, 3.63) is 29.8 Å². The third kappa shape index (κ3) is 4.18. The molecular formula is C19H29N3O4S. The molecule has 4 unspecified atom stereocenters. The Morgan fingerprint density at radius 1 is 1.15 bits per heavy atom. The molecule has 0 radical (unpaired) electrons. The van der Waals surface area contributed by atoms with Crippen LogP contribution in [0.2, 0.25) is 0 Å².